The molecular weight excluding hydrogens is 245 g/mol. The molecule has 1 atom stereocenters. The molecule has 102 valence electrons. The largest absolute Gasteiger partial charge is 0.489 e. The van der Waals surface area contributed by atoms with Gasteiger partial charge in [-0.3, -0.25) is 4.68 Å². The zero-order valence-corrected chi connectivity index (χ0v) is 11.1. The van der Waals surface area contributed by atoms with Crippen molar-refractivity contribution >= 4 is 0 Å². The molecule has 0 aliphatic heterocycles. The summed E-state index contributed by atoms with van der Waals surface area (Å²) in [5.74, 6) is 0.155. The predicted molar refractivity (Wildman–Crippen MR) is 71.2 cm³/mol. The Labute approximate surface area is 112 Å². The van der Waals surface area contributed by atoms with Crippen molar-refractivity contribution in [1.82, 2.24) is 9.78 Å². The Morgan fingerprint density at radius 1 is 1.47 bits per heavy atom. The lowest BCUT2D eigenvalue weighted by atomic mass is 10.1. The predicted octanol–water partition coefficient (Wildman–Crippen LogP) is 2.64. The van der Waals surface area contributed by atoms with E-state index in [1.807, 2.05) is 17.8 Å². The summed E-state index contributed by atoms with van der Waals surface area (Å²) in [6, 6.07) is 4.43. The maximum absolute atomic E-state index is 13.7. The maximum Gasteiger partial charge on any atom is 0.131 e. The molecule has 0 amide bonds. The summed E-state index contributed by atoms with van der Waals surface area (Å²) >= 11 is 0. The molecule has 19 heavy (non-hydrogen) atoms. The number of halogens is 1. The molecule has 1 aromatic carbocycles. The molecule has 2 aromatic rings. The molecule has 0 spiro atoms. The topological polar surface area (TPSA) is 53.1 Å². The zero-order valence-electron chi connectivity index (χ0n) is 11.1. The Bertz CT molecular complexity index is 551. The van der Waals surface area contributed by atoms with Gasteiger partial charge in [-0.2, -0.15) is 5.10 Å². The SMILES string of the molecule is CCn1cc(COc2ccc([C@@H](C)N)c(F)c2)cn1. The van der Waals surface area contributed by atoms with Crippen LogP contribution < -0.4 is 10.5 Å². The lowest BCUT2D eigenvalue weighted by molar-refractivity contribution is 0.304. The minimum Gasteiger partial charge on any atom is -0.489 e. The van der Waals surface area contributed by atoms with E-state index in [0.717, 1.165) is 12.1 Å². The molecule has 4 nitrogen and oxygen atoms in total. The highest BCUT2D eigenvalue weighted by Gasteiger charge is 2.08. The Balaban J connectivity index is 2.01. The number of nitrogens with zero attached hydrogens (tertiary/aromatic N) is 2. The smallest absolute Gasteiger partial charge is 0.131 e. The van der Waals surface area contributed by atoms with E-state index in [4.69, 9.17) is 10.5 Å². The average molecular weight is 263 g/mol. The quantitative estimate of drug-likeness (QED) is 0.902. The Morgan fingerprint density at radius 2 is 2.26 bits per heavy atom. The van der Waals surface area contributed by atoms with Crippen molar-refractivity contribution in [2.45, 2.75) is 33.0 Å². The van der Waals surface area contributed by atoms with Crippen molar-refractivity contribution in [3.8, 4) is 5.75 Å². The Morgan fingerprint density at radius 3 is 2.84 bits per heavy atom. The van der Waals surface area contributed by atoms with Gasteiger partial charge in [0.05, 0.1) is 6.20 Å². The second-order valence-corrected chi connectivity index (χ2v) is 4.46. The number of ether oxygens (including phenoxy) is 1. The molecule has 0 fully saturated rings. The first-order valence-electron chi connectivity index (χ1n) is 6.29. The monoisotopic (exact) mass is 263 g/mol. The van der Waals surface area contributed by atoms with E-state index in [2.05, 4.69) is 5.10 Å². The lowest BCUT2D eigenvalue weighted by Gasteiger charge is -2.09. The summed E-state index contributed by atoms with van der Waals surface area (Å²) in [7, 11) is 0. The average Bonchev–Trinajstić information content (AvgIpc) is 2.84. The van der Waals surface area contributed by atoms with Crippen LogP contribution in [0, 0.1) is 5.82 Å². The molecule has 2 N–H and O–H groups in total. The van der Waals surface area contributed by atoms with Gasteiger partial charge in [0.25, 0.3) is 0 Å². The van der Waals surface area contributed by atoms with Crippen LogP contribution in [0.25, 0.3) is 0 Å². The summed E-state index contributed by atoms with van der Waals surface area (Å²) in [5, 5.41) is 4.15. The molecule has 5 heteroatoms. The molecule has 0 aliphatic rings. The number of hydrogen-bond donors (Lipinski definition) is 1. The van der Waals surface area contributed by atoms with Gasteiger partial charge >= 0.3 is 0 Å². The van der Waals surface area contributed by atoms with Gasteiger partial charge < -0.3 is 10.5 Å². The van der Waals surface area contributed by atoms with Gasteiger partial charge in [-0.1, -0.05) is 6.07 Å². The molecule has 1 aromatic heterocycles. The van der Waals surface area contributed by atoms with Crippen molar-refractivity contribution in [2.24, 2.45) is 5.73 Å². The third-order valence-electron chi connectivity index (χ3n) is 2.88. The van der Waals surface area contributed by atoms with Gasteiger partial charge in [-0.15, -0.1) is 0 Å². The van der Waals surface area contributed by atoms with E-state index in [0.29, 0.717) is 17.9 Å². The van der Waals surface area contributed by atoms with Crippen LogP contribution in [0.2, 0.25) is 0 Å². The lowest BCUT2D eigenvalue weighted by Crippen LogP contribution is -2.07. The molecule has 2 rings (SSSR count). The summed E-state index contributed by atoms with van der Waals surface area (Å²) < 4.78 is 21.1. The van der Waals surface area contributed by atoms with Gasteiger partial charge in [0, 0.05) is 36.0 Å². The number of aryl methyl sites for hydroxylation is 1. The number of benzene rings is 1. The highest BCUT2D eigenvalue weighted by molar-refractivity contribution is 5.30. The van der Waals surface area contributed by atoms with Crippen LogP contribution in [0.3, 0.4) is 0 Å². The third kappa shape index (κ3) is 3.32. The number of rotatable bonds is 5. The first kappa shape index (κ1) is 13.5. The second-order valence-electron chi connectivity index (χ2n) is 4.46. The van der Waals surface area contributed by atoms with Crippen LogP contribution in [-0.4, -0.2) is 9.78 Å². The maximum atomic E-state index is 13.7. The van der Waals surface area contributed by atoms with E-state index in [1.54, 1.807) is 25.3 Å². The van der Waals surface area contributed by atoms with Crippen LogP contribution in [0.4, 0.5) is 4.39 Å². The van der Waals surface area contributed by atoms with E-state index in [-0.39, 0.29) is 11.9 Å². The van der Waals surface area contributed by atoms with Gasteiger partial charge in [-0.05, 0) is 19.9 Å². The van der Waals surface area contributed by atoms with Crippen LogP contribution in [0.15, 0.2) is 30.6 Å². The fraction of sp³-hybridized carbons (Fsp3) is 0.357. The molecule has 0 bridgehead atoms. The number of hydrogen-bond acceptors (Lipinski definition) is 3. The Hall–Kier alpha value is -1.88. The van der Waals surface area contributed by atoms with Crippen LogP contribution in [-0.2, 0) is 13.2 Å². The van der Waals surface area contributed by atoms with Crippen LogP contribution >= 0.6 is 0 Å². The van der Waals surface area contributed by atoms with E-state index in [9.17, 15) is 4.39 Å². The fourth-order valence-corrected chi connectivity index (χ4v) is 1.79. The summed E-state index contributed by atoms with van der Waals surface area (Å²) in [4.78, 5) is 0. The van der Waals surface area contributed by atoms with E-state index < -0.39 is 0 Å². The van der Waals surface area contributed by atoms with Crippen molar-refractivity contribution in [3.63, 3.8) is 0 Å². The van der Waals surface area contributed by atoms with Crippen molar-refractivity contribution in [1.29, 1.82) is 0 Å². The van der Waals surface area contributed by atoms with E-state index in [1.165, 1.54) is 6.07 Å². The first-order valence-corrected chi connectivity index (χ1v) is 6.29. The highest BCUT2D eigenvalue weighted by Crippen LogP contribution is 2.21. The summed E-state index contributed by atoms with van der Waals surface area (Å²) in [6.45, 7) is 4.95. The standard InChI is InChI=1S/C14H18FN3O/c1-3-18-8-11(7-17-18)9-19-12-4-5-13(10(2)16)14(15)6-12/h4-8,10H,3,9,16H2,1-2H3/t10-/m1/s1. The molecule has 0 radical (unpaired) electrons. The van der Waals surface area contributed by atoms with Crippen molar-refractivity contribution in [2.75, 3.05) is 0 Å². The number of nitrogens with two attached hydrogens (primary N) is 1. The zero-order chi connectivity index (χ0) is 13.8. The molecular formula is C14H18FN3O. The fourth-order valence-electron chi connectivity index (χ4n) is 1.79. The van der Waals surface area contributed by atoms with Crippen molar-refractivity contribution in [3.05, 3.63) is 47.5 Å². The molecule has 0 unspecified atom stereocenters. The molecule has 0 aliphatic carbocycles. The third-order valence-corrected chi connectivity index (χ3v) is 2.88. The molecule has 1 heterocycles. The molecule has 0 saturated carbocycles. The first-order chi connectivity index (χ1) is 9.10. The van der Waals surface area contributed by atoms with Crippen molar-refractivity contribution < 1.29 is 9.13 Å². The van der Waals surface area contributed by atoms with Gasteiger partial charge in [0.15, 0.2) is 0 Å². The highest BCUT2D eigenvalue weighted by atomic mass is 19.1. The van der Waals surface area contributed by atoms with Gasteiger partial charge in [-0.25, -0.2) is 4.39 Å². The normalized spacial score (nSPS) is 12.4. The summed E-state index contributed by atoms with van der Waals surface area (Å²) in [6.07, 6.45) is 3.66. The van der Waals surface area contributed by atoms with Gasteiger partial charge in [0.2, 0.25) is 0 Å². The minimum atomic E-state index is -0.336. The van der Waals surface area contributed by atoms with E-state index >= 15 is 0 Å². The second kappa shape index (κ2) is 5.84. The van der Waals surface area contributed by atoms with Crippen LogP contribution in [0.1, 0.15) is 31.0 Å². The Kier molecular flexibility index (Phi) is 4.16. The molecule has 0 saturated heterocycles. The van der Waals surface area contributed by atoms with Crippen LogP contribution in [0.5, 0.6) is 5.75 Å². The summed E-state index contributed by atoms with van der Waals surface area (Å²) in [5.41, 5.74) is 7.10. The number of aromatic nitrogens is 2. The van der Waals surface area contributed by atoms with Gasteiger partial charge in [0.1, 0.15) is 18.2 Å². The minimum absolute atomic E-state index is 0.322.